The van der Waals surface area contributed by atoms with Gasteiger partial charge in [0.1, 0.15) is 42.9 Å². The lowest BCUT2D eigenvalue weighted by molar-refractivity contribution is -0.315. The van der Waals surface area contributed by atoms with Crippen molar-refractivity contribution in [3.05, 3.63) is 42.8 Å². The number of aliphatic imine (C=N–C) groups is 2. The largest absolute Gasteiger partial charge is 0.711 e. The molecule has 0 radical (unpaired) electrons. The molecule has 1 fully saturated rings. The first-order valence-electron chi connectivity index (χ1n) is 11.7. The molecule has 1 saturated heterocycles. The van der Waals surface area contributed by atoms with Gasteiger partial charge in [-0.2, -0.15) is 0 Å². The summed E-state index contributed by atoms with van der Waals surface area (Å²) in [5, 5.41) is 94.8. The van der Waals surface area contributed by atoms with Gasteiger partial charge in [-0.1, -0.05) is 0 Å². The van der Waals surface area contributed by atoms with Crippen molar-refractivity contribution in [3.63, 3.8) is 0 Å². The first kappa shape index (κ1) is 33.1. The maximum absolute atomic E-state index is 11.5. The Kier molecular flexibility index (Phi) is 11.9. The summed E-state index contributed by atoms with van der Waals surface area (Å²) in [5.74, 6) is -0.864. The Hall–Kier alpha value is -3.45. The molecule has 1 aliphatic heterocycles. The van der Waals surface area contributed by atoms with Crippen molar-refractivity contribution in [3.8, 4) is 0 Å². The molecule has 7 N–H and O–H groups in total. The first-order valence-corrected chi connectivity index (χ1v) is 13.4. The number of aromatic nitrogens is 2. The van der Waals surface area contributed by atoms with Gasteiger partial charge >= 0.3 is 15.6 Å². The van der Waals surface area contributed by atoms with Gasteiger partial charge in [-0.15, -0.1) is 0 Å². The number of ether oxygens (including phenoxy) is 4. The second-order valence-corrected chi connectivity index (χ2v) is 10.3. The highest BCUT2D eigenvalue weighted by Crippen LogP contribution is 2.26. The Balaban J connectivity index is 1.87. The van der Waals surface area contributed by atoms with Gasteiger partial charge in [-0.05, 0) is 22.7 Å². The maximum Gasteiger partial charge on any atom is 0.341 e. The Morgan fingerprint density at radius 3 is 2.12 bits per heavy atom. The van der Waals surface area contributed by atoms with E-state index in [4.69, 9.17) is 18.9 Å². The molecule has 0 aliphatic carbocycles. The number of nitrogens with one attached hydrogen (secondary N) is 2. The molecule has 42 heavy (non-hydrogen) atoms. The molecular weight excluding hydrogens is 612 g/mol. The van der Waals surface area contributed by atoms with Gasteiger partial charge in [-0.3, -0.25) is 14.6 Å². The van der Waals surface area contributed by atoms with Crippen molar-refractivity contribution in [1.82, 2.24) is 19.8 Å². The number of carbonyl (C=O) groups excluding carboxylic acids is 1. The van der Waals surface area contributed by atoms with Crippen LogP contribution in [0.1, 0.15) is 6.92 Å². The zero-order chi connectivity index (χ0) is 31.0. The van der Waals surface area contributed by atoms with Crippen LogP contribution in [0.15, 0.2) is 22.4 Å². The van der Waals surface area contributed by atoms with E-state index in [2.05, 4.69) is 20.0 Å². The predicted molar refractivity (Wildman–Crippen MR) is 144 cm³/mol. The molecule has 2 aromatic heterocycles. The summed E-state index contributed by atoms with van der Waals surface area (Å²) in [6.45, 7) is -0.596. The number of aliphatic hydroxyl groups is 5. The van der Waals surface area contributed by atoms with Crippen LogP contribution in [0.2, 0.25) is 0 Å². The van der Waals surface area contributed by atoms with E-state index < -0.39 is 78.2 Å². The number of esters is 1. The molecular formula is C20H26N6O14S2-2. The average molecular weight is 639 g/mol. The van der Waals surface area contributed by atoms with Crippen LogP contribution in [0.5, 0.6) is 0 Å². The lowest BCUT2D eigenvalue weighted by atomic mass is 9.99. The van der Waals surface area contributed by atoms with E-state index in [-0.39, 0.29) is 19.6 Å². The lowest BCUT2D eigenvalue weighted by Crippen LogP contribution is -2.61. The minimum atomic E-state index is -1.82. The summed E-state index contributed by atoms with van der Waals surface area (Å²) in [4.78, 5) is 22.2. The van der Waals surface area contributed by atoms with Crippen LogP contribution in [0, 0.1) is 20.8 Å². The van der Waals surface area contributed by atoms with Crippen LogP contribution < -0.4 is 19.4 Å². The first-order chi connectivity index (χ1) is 19.9. The third-order valence-corrected chi connectivity index (χ3v) is 7.11. The smallest absolute Gasteiger partial charge is 0.341 e. The molecule has 3 rings (SSSR count). The van der Waals surface area contributed by atoms with E-state index in [9.17, 15) is 51.2 Å². The summed E-state index contributed by atoms with van der Waals surface area (Å²) in [6, 6.07) is 0. The number of aliphatic hydroxyl groups excluding tert-OH is 5. The second kappa shape index (κ2) is 15.1. The van der Waals surface area contributed by atoms with Crippen molar-refractivity contribution in [2.24, 2.45) is 9.98 Å². The minimum Gasteiger partial charge on any atom is -0.711 e. The molecule has 0 bridgehead atoms. The van der Waals surface area contributed by atoms with Crippen molar-refractivity contribution < 1.29 is 49.3 Å². The number of carbonyl (C=O) groups is 1. The zero-order valence-electron chi connectivity index (χ0n) is 21.4. The van der Waals surface area contributed by atoms with Crippen molar-refractivity contribution >= 4 is 51.1 Å². The summed E-state index contributed by atoms with van der Waals surface area (Å²) in [7, 11) is 0. The highest BCUT2D eigenvalue weighted by Gasteiger charge is 2.48. The fourth-order valence-electron chi connectivity index (χ4n) is 3.46. The Morgan fingerprint density at radius 1 is 1.07 bits per heavy atom. The summed E-state index contributed by atoms with van der Waals surface area (Å²) in [5.41, 5.74) is 0. The minimum absolute atomic E-state index is 0.0798. The predicted octanol–water partition coefficient (Wildman–Crippen LogP) is -3.44. The standard InChI is InChI=1S/C20H26N6O14S2/c1-8(29)37-17-15(31)11(7-28)40-18(16(17)32)39-9(2-21-12-3-23-19(41-12)25(33)34)10(6-27)38-14(30)5-22-13-4-24-20(42-13)26(35)36/h2-5,9-11,14-18,23-24,27-28,30-32H,6-7H2,1H3/q-2/t9-,10+,11-,14-,15-,16+,17-,18-/m0/s1. The fourth-order valence-corrected chi connectivity index (χ4v) is 4.71. The normalized spacial score (nSPS) is 25.0. The summed E-state index contributed by atoms with van der Waals surface area (Å²) < 4.78 is 21.5. The number of rotatable bonds is 12. The monoisotopic (exact) mass is 638 g/mol. The molecule has 0 saturated carbocycles. The van der Waals surface area contributed by atoms with E-state index in [1.165, 1.54) is 12.4 Å². The van der Waals surface area contributed by atoms with Crippen LogP contribution in [-0.2, 0) is 23.7 Å². The Bertz CT molecular complexity index is 1360. The van der Waals surface area contributed by atoms with Gasteiger partial charge in [0.25, 0.3) is 0 Å². The van der Waals surface area contributed by atoms with E-state index in [0.717, 1.165) is 19.4 Å². The number of H-pyrrole nitrogens is 2. The number of aromatic amines is 2. The van der Waals surface area contributed by atoms with Crippen LogP contribution >= 0.6 is 22.7 Å². The van der Waals surface area contributed by atoms with E-state index >= 15 is 0 Å². The molecule has 2 aromatic rings. The number of nitrogens with zero attached hydrogens (tertiary/aromatic N) is 4. The molecule has 0 spiro atoms. The van der Waals surface area contributed by atoms with E-state index in [1.54, 1.807) is 0 Å². The quantitative estimate of drug-likeness (QED) is 0.0515. The molecule has 234 valence electrons. The van der Waals surface area contributed by atoms with Gasteiger partial charge < -0.3 is 65.3 Å². The van der Waals surface area contributed by atoms with Crippen LogP contribution in [0.3, 0.4) is 0 Å². The molecule has 1 aliphatic rings. The van der Waals surface area contributed by atoms with Gasteiger partial charge in [-0.25, -0.2) is 20.0 Å². The number of thiazole rings is 2. The molecule has 0 amide bonds. The highest BCUT2D eigenvalue weighted by atomic mass is 32.1. The van der Waals surface area contributed by atoms with Gasteiger partial charge in [0, 0.05) is 13.1 Å². The molecule has 8 atom stereocenters. The summed E-state index contributed by atoms with van der Waals surface area (Å²) in [6.07, 6.45) is -8.69. The molecule has 3 heterocycles. The van der Waals surface area contributed by atoms with Crippen LogP contribution in [-0.4, -0.2) is 116 Å². The van der Waals surface area contributed by atoms with Crippen LogP contribution in [0.25, 0.3) is 0 Å². The van der Waals surface area contributed by atoms with Gasteiger partial charge in [0.05, 0.1) is 19.4 Å². The topological polar surface area (TPSA) is 310 Å². The Morgan fingerprint density at radius 2 is 1.64 bits per heavy atom. The van der Waals surface area contributed by atoms with Gasteiger partial charge in [0.2, 0.25) is 0 Å². The average Bonchev–Trinajstić information content (AvgIpc) is 3.62. The third kappa shape index (κ3) is 8.78. The van der Waals surface area contributed by atoms with Crippen molar-refractivity contribution in [1.29, 1.82) is 0 Å². The number of hydrogen-bond acceptors (Lipinski definition) is 18. The SMILES string of the molecule is CC(=O)O[C@H]1[C@@H](O)[C@H](CO)O[C@H](O[C@@H](C=Nc2c[nH]c(=[N+]([O-])[O-])s2)[C@@H](CO)O[C@H](O)C=Nc2c[nH]c(=[N+]([O-])[O-])s2)[C@@H]1O. The molecule has 0 unspecified atom stereocenters. The summed E-state index contributed by atoms with van der Waals surface area (Å²) >= 11 is 1.32. The Labute approximate surface area is 242 Å². The van der Waals surface area contributed by atoms with Crippen molar-refractivity contribution in [2.75, 3.05) is 13.2 Å². The van der Waals surface area contributed by atoms with E-state index in [0.29, 0.717) is 22.7 Å². The zero-order valence-corrected chi connectivity index (χ0v) is 23.0. The van der Waals surface area contributed by atoms with Crippen LogP contribution in [0.4, 0.5) is 10.0 Å². The highest BCUT2D eigenvalue weighted by molar-refractivity contribution is 7.13. The van der Waals surface area contributed by atoms with E-state index in [1.807, 2.05) is 0 Å². The maximum atomic E-state index is 11.5. The molecule has 0 aromatic carbocycles. The lowest BCUT2D eigenvalue weighted by Gasteiger charge is -2.42. The third-order valence-electron chi connectivity index (χ3n) is 5.33. The van der Waals surface area contributed by atoms with Crippen molar-refractivity contribution in [2.45, 2.75) is 56.1 Å². The second-order valence-electron chi connectivity index (χ2n) is 8.27. The molecule has 20 nitrogen and oxygen atoms in total. The molecule has 22 heteroatoms. The number of hydrogen-bond donors (Lipinski definition) is 7. The fraction of sp³-hybridized carbons (Fsp3) is 0.550. The van der Waals surface area contributed by atoms with Gasteiger partial charge in [0.15, 0.2) is 28.7 Å².